The molecule has 0 saturated carbocycles. The van der Waals surface area contributed by atoms with Gasteiger partial charge in [0, 0.05) is 3.57 Å². The maximum absolute atomic E-state index is 11.2. The van der Waals surface area contributed by atoms with Crippen molar-refractivity contribution in [2.75, 3.05) is 6.61 Å². The summed E-state index contributed by atoms with van der Waals surface area (Å²) >= 11 is 1.92. The van der Waals surface area contributed by atoms with E-state index in [0.29, 0.717) is 10.2 Å². The fourth-order valence-corrected chi connectivity index (χ4v) is 1.46. The standard InChI is InChI=1S/C8H8INO3/c1-2-13-8(12)7-6(9)3-5(11)4-10-7/h3-4,11H,2H2,1H3. The average molecular weight is 293 g/mol. The van der Waals surface area contributed by atoms with Gasteiger partial charge in [-0.2, -0.15) is 0 Å². The lowest BCUT2D eigenvalue weighted by molar-refractivity contribution is 0.0518. The molecule has 1 aromatic heterocycles. The third kappa shape index (κ3) is 2.55. The van der Waals surface area contributed by atoms with Crippen molar-refractivity contribution in [1.82, 2.24) is 4.98 Å². The lowest BCUT2D eigenvalue weighted by Gasteiger charge is -2.02. The van der Waals surface area contributed by atoms with Gasteiger partial charge in [-0.05, 0) is 35.6 Å². The Kier molecular flexibility index (Phi) is 3.47. The van der Waals surface area contributed by atoms with Gasteiger partial charge in [0.1, 0.15) is 5.75 Å². The van der Waals surface area contributed by atoms with Crippen LogP contribution in [-0.2, 0) is 4.74 Å². The molecule has 0 radical (unpaired) electrons. The lowest BCUT2D eigenvalue weighted by Crippen LogP contribution is -2.08. The van der Waals surface area contributed by atoms with E-state index in [9.17, 15) is 4.79 Å². The number of carbonyl (C=O) groups excluding carboxylic acids is 1. The number of hydrogen-bond donors (Lipinski definition) is 1. The first-order valence-electron chi connectivity index (χ1n) is 3.66. The SMILES string of the molecule is CCOC(=O)c1ncc(O)cc1I. The molecule has 4 nitrogen and oxygen atoms in total. The summed E-state index contributed by atoms with van der Waals surface area (Å²) in [4.78, 5) is 15.0. The second-order valence-corrected chi connectivity index (χ2v) is 3.41. The van der Waals surface area contributed by atoms with Gasteiger partial charge in [0.25, 0.3) is 0 Å². The summed E-state index contributed by atoms with van der Waals surface area (Å²) in [6, 6.07) is 1.46. The highest BCUT2D eigenvalue weighted by atomic mass is 127. The second-order valence-electron chi connectivity index (χ2n) is 2.24. The van der Waals surface area contributed by atoms with E-state index in [4.69, 9.17) is 9.84 Å². The number of rotatable bonds is 2. The van der Waals surface area contributed by atoms with Gasteiger partial charge in [-0.25, -0.2) is 9.78 Å². The van der Waals surface area contributed by atoms with Gasteiger partial charge in [-0.3, -0.25) is 0 Å². The van der Waals surface area contributed by atoms with Crippen LogP contribution in [0.4, 0.5) is 0 Å². The lowest BCUT2D eigenvalue weighted by atomic mass is 10.3. The molecule has 0 amide bonds. The molecule has 5 heteroatoms. The largest absolute Gasteiger partial charge is 0.506 e. The molecule has 1 N–H and O–H groups in total. The molecule has 0 aromatic carbocycles. The van der Waals surface area contributed by atoms with Crippen LogP contribution in [-0.4, -0.2) is 22.7 Å². The predicted molar refractivity (Wildman–Crippen MR) is 54.6 cm³/mol. The van der Waals surface area contributed by atoms with E-state index in [0.717, 1.165) is 0 Å². The molecule has 0 aliphatic rings. The van der Waals surface area contributed by atoms with Gasteiger partial charge in [0.15, 0.2) is 5.69 Å². The molecule has 0 aliphatic heterocycles. The maximum atomic E-state index is 11.2. The summed E-state index contributed by atoms with van der Waals surface area (Å²) < 4.78 is 5.34. The Labute approximate surface area is 89.1 Å². The molecular formula is C8H8INO3. The van der Waals surface area contributed by atoms with Crippen LogP contribution in [0.25, 0.3) is 0 Å². The van der Waals surface area contributed by atoms with E-state index in [1.807, 2.05) is 22.6 Å². The van der Waals surface area contributed by atoms with Crippen molar-refractivity contribution in [2.45, 2.75) is 6.92 Å². The Balaban J connectivity index is 2.95. The smallest absolute Gasteiger partial charge is 0.358 e. The van der Waals surface area contributed by atoms with Crippen molar-refractivity contribution in [3.63, 3.8) is 0 Å². The summed E-state index contributed by atoms with van der Waals surface area (Å²) in [7, 11) is 0. The van der Waals surface area contributed by atoms with Crippen LogP contribution in [0.2, 0.25) is 0 Å². The molecule has 1 aromatic rings. The summed E-state index contributed by atoms with van der Waals surface area (Å²) in [5.41, 5.74) is 0.236. The first-order valence-corrected chi connectivity index (χ1v) is 4.74. The van der Waals surface area contributed by atoms with Crippen molar-refractivity contribution in [3.05, 3.63) is 21.5 Å². The van der Waals surface area contributed by atoms with Crippen molar-refractivity contribution in [1.29, 1.82) is 0 Å². The number of halogens is 1. The molecule has 13 heavy (non-hydrogen) atoms. The molecular weight excluding hydrogens is 285 g/mol. The molecule has 1 rings (SSSR count). The summed E-state index contributed by atoms with van der Waals surface area (Å²) in [5, 5.41) is 9.03. The van der Waals surface area contributed by atoms with Crippen LogP contribution in [0.1, 0.15) is 17.4 Å². The normalized spacial score (nSPS) is 9.69. The zero-order valence-electron chi connectivity index (χ0n) is 6.95. The number of aromatic nitrogens is 1. The number of aromatic hydroxyl groups is 1. The third-order valence-electron chi connectivity index (χ3n) is 1.30. The minimum atomic E-state index is -0.466. The van der Waals surface area contributed by atoms with Gasteiger partial charge >= 0.3 is 5.97 Å². The molecule has 0 aliphatic carbocycles. The molecule has 0 atom stereocenters. The van der Waals surface area contributed by atoms with E-state index >= 15 is 0 Å². The van der Waals surface area contributed by atoms with E-state index in [2.05, 4.69) is 4.98 Å². The Hall–Kier alpha value is -0.850. The number of nitrogens with zero attached hydrogens (tertiary/aromatic N) is 1. The van der Waals surface area contributed by atoms with Crippen molar-refractivity contribution >= 4 is 28.6 Å². The van der Waals surface area contributed by atoms with Crippen LogP contribution in [0.15, 0.2) is 12.3 Å². The van der Waals surface area contributed by atoms with Crippen LogP contribution in [0.5, 0.6) is 5.75 Å². The fourth-order valence-electron chi connectivity index (χ4n) is 0.777. The molecule has 0 saturated heterocycles. The fraction of sp³-hybridized carbons (Fsp3) is 0.250. The molecule has 70 valence electrons. The number of carbonyl (C=O) groups is 1. The number of ether oxygens (including phenoxy) is 1. The molecule has 0 bridgehead atoms. The van der Waals surface area contributed by atoms with E-state index < -0.39 is 5.97 Å². The number of esters is 1. The first-order chi connectivity index (χ1) is 6.15. The Bertz CT molecular complexity index is 327. The minimum absolute atomic E-state index is 0.0393. The molecule has 0 unspecified atom stereocenters. The van der Waals surface area contributed by atoms with Crippen LogP contribution in [0.3, 0.4) is 0 Å². The average Bonchev–Trinajstić information content (AvgIpc) is 2.04. The van der Waals surface area contributed by atoms with Crippen LogP contribution >= 0.6 is 22.6 Å². The molecule has 0 spiro atoms. The highest BCUT2D eigenvalue weighted by molar-refractivity contribution is 14.1. The third-order valence-corrected chi connectivity index (χ3v) is 2.12. The Morgan fingerprint density at radius 1 is 1.77 bits per heavy atom. The van der Waals surface area contributed by atoms with E-state index in [1.165, 1.54) is 12.3 Å². The summed E-state index contributed by atoms with van der Waals surface area (Å²) in [6.07, 6.45) is 1.22. The minimum Gasteiger partial charge on any atom is -0.506 e. The van der Waals surface area contributed by atoms with Gasteiger partial charge in [0.05, 0.1) is 12.8 Å². The second kappa shape index (κ2) is 4.40. The van der Waals surface area contributed by atoms with Gasteiger partial charge in [-0.15, -0.1) is 0 Å². The molecule has 0 fully saturated rings. The van der Waals surface area contributed by atoms with Crippen molar-refractivity contribution in [2.24, 2.45) is 0 Å². The first kappa shape index (κ1) is 10.2. The highest BCUT2D eigenvalue weighted by Gasteiger charge is 2.12. The van der Waals surface area contributed by atoms with Gasteiger partial charge in [0.2, 0.25) is 0 Å². The molecule has 1 heterocycles. The summed E-state index contributed by atoms with van der Waals surface area (Å²) in [6.45, 7) is 2.04. The van der Waals surface area contributed by atoms with Crippen LogP contribution < -0.4 is 0 Å². The monoisotopic (exact) mass is 293 g/mol. The van der Waals surface area contributed by atoms with E-state index in [-0.39, 0.29) is 11.4 Å². The Morgan fingerprint density at radius 2 is 2.46 bits per heavy atom. The highest BCUT2D eigenvalue weighted by Crippen LogP contribution is 2.16. The topological polar surface area (TPSA) is 59.4 Å². The van der Waals surface area contributed by atoms with E-state index in [1.54, 1.807) is 6.92 Å². The maximum Gasteiger partial charge on any atom is 0.358 e. The van der Waals surface area contributed by atoms with Crippen molar-refractivity contribution < 1.29 is 14.6 Å². The summed E-state index contributed by atoms with van der Waals surface area (Å²) in [5.74, 6) is -0.427. The predicted octanol–water partition coefficient (Wildman–Crippen LogP) is 1.57. The zero-order valence-corrected chi connectivity index (χ0v) is 9.11. The number of hydrogen-bond acceptors (Lipinski definition) is 4. The number of pyridine rings is 1. The van der Waals surface area contributed by atoms with Crippen LogP contribution in [0, 0.1) is 3.57 Å². The Morgan fingerprint density at radius 3 is 3.00 bits per heavy atom. The van der Waals surface area contributed by atoms with Gasteiger partial charge in [-0.1, -0.05) is 0 Å². The van der Waals surface area contributed by atoms with Crippen molar-refractivity contribution in [3.8, 4) is 5.75 Å². The zero-order chi connectivity index (χ0) is 9.84. The van der Waals surface area contributed by atoms with Gasteiger partial charge < -0.3 is 9.84 Å². The quantitative estimate of drug-likeness (QED) is 0.664.